The van der Waals surface area contributed by atoms with Crippen LogP contribution in [0.3, 0.4) is 0 Å². The first kappa shape index (κ1) is 9.97. The average molecular weight is 222 g/mol. The minimum atomic E-state index is 0.0193. The van der Waals surface area contributed by atoms with Gasteiger partial charge in [0.2, 0.25) is 0 Å². The lowest BCUT2D eigenvalue weighted by molar-refractivity contribution is 0.0983. The van der Waals surface area contributed by atoms with Crippen LogP contribution in [0.25, 0.3) is 0 Å². The van der Waals surface area contributed by atoms with E-state index in [2.05, 4.69) is 14.7 Å². The Morgan fingerprint density at radius 2 is 2.40 bits per heavy atom. The lowest BCUT2D eigenvalue weighted by atomic mass is 10.2. The molecule has 0 aromatic carbocycles. The number of nitrogens with zero attached hydrogens (tertiary/aromatic N) is 4. The molecule has 0 amide bonds. The summed E-state index contributed by atoms with van der Waals surface area (Å²) in [6.07, 6.45) is 0.287. The van der Waals surface area contributed by atoms with Gasteiger partial charge < -0.3 is 0 Å². The first-order valence-corrected chi connectivity index (χ1v) is 5.30. The van der Waals surface area contributed by atoms with Crippen molar-refractivity contribution in [2.45, 2.75) is 13.3 Å². The molecule has 6 heteroatoms. The molecule has 0 saturated heterocycles. The van der Waals surface area contributed by atoms with Crippen LogP contribution in [0.5, 0.6) is 0 Å². The predicted octanol–water partition coefficient (Wildman–Crippen LogP) is 1.01. The van der Waals surface area contributed by atoms with Gasteiger partial charge in [-0.2, -0.15) is 5.10 Å². The molecule has 5 nitrogen and oxygen atoms in total. The number of hydrogen-bond acceptors (Lipinski definition) is 5. The summed E-state index contributed by atoms with van der Waals surface area (Å²) in [7, 11) is 1.76. The van der Waals surface area contributed by atoms with E-state index in [1.54, 1.807) is 23.2 Å². The number of hydrogen-bond donors (Lipinski definition) is 0. The lowest BCUT2D eigenvalue weighted by Gasteiger charge is -1.97. The first-order chi connectivity index (χ1) is 7.16. The minimum absolute atomic E-state index is 0.0193. The van der Waals surface area contributed by atoms with Gasteiger partial charge in [-0.25, -0.2) is 0 Å². The average Bonchev–Trinajstić information content (AvgIpc) is 2.75. The van der Waals surface area contributed by atoms with Crippen molar-refractivity contribution in [3.05, 3.63) is 28.5 Å². The van der Waals surface area contributed by atoms with Crippen molar-refractivity contribution in [2.75, 3.05) is 0 Å². The summed E-state index contributed by atoms with van der Waals surface area (Å²) in [4.78, 5) is 11.8. The van der Waals surface area contributed by atoms with Crippen LogP contribution >= 0.6 is 11.5 Å². The molecule has 0 fully saturated rings. The van der Waals surface area contributed by atoms with Crippen molar-refractivity contribution in [1.29, 1.82) is 0 Å². The van der Waals surface area contributed by atoms with E-state index < -0.39 is 0 Å². The number of aryl methyl sites for hydroxylation is 2. The molecular formula is C9H10N4OS. The first-order valence-electron chi connectivity index (χ1n) is 4.46. The zero-order valence-electron chi connectivity index (χ0n) is 8.47. The van der Waals surface area contributed by atoms with E-state index in [9.17, 15) is 4.79 Å². The van der Waals surface area contributed by atoms with Crippen molar-refractivity contribution in [3.8, 4) is 0 Å². The summed E-state index contributed by atoms with van der Waals surface area (Å²) in [6.45, 7) is 1.86. The van der Waals surface area contributed by atoms with Crippen LogP contribution in [0, 0.1) is 6.92 Å². The van der Waals surface area contributed by atoms with E-state index >= 15 is 0 Å². The number of carbonyl (C=O) groups excluding carboxylic acids is 1. The molecule has 2 aromatic rings. The second-order valence-corrected chi connectivity index (χ2v) is 3.90. The molecule has 0 aliphatic carbocycles. The van der Waals surface area contributed by atoms with E-state index in [0.29, 0.717) is 11.4 Å². The molecule has 0 N–H and O–H groups in total. The summed E-state index contributed by atoms with van der Waals surface area (Å²) in [5.41, 5.74) is 2.17. The highest BCUT2D eigenvalue weighted by Gasteiger charge is 2.13. The summed E-state index contributed by atoms with van der Waals surface area (Å²) in [6, 6.07) is 1.78. The normalized spacial score (nSPS) is 10.5. The maximum atomic E-state index is 11.8. The molecule has 0 saturated carbocycles. The maximum Gasteiger partial charge on any atom is 0.186 e. The Labute approximate surface area is 90.9 Å². The number of Topliss-reactive ketones (excluding diaryl/α,β-unsaturated/α-hetero) is 1. The largest absolute Gasteiger partial charge is 0.292 e. The van der Waals surface area contributed by atoms with Gasteiger partial charge in [-0.05, 0) is 24.5 Å². The van der Waals surface area contributed by atoms with Crippen LogP contribution in [0.4, 0.5) is 0 Å². The quantitative estimate of drug-likeness (QED) is 0.727. The SMILES string of the molecule is Cc1cc(C(=O)Cc2csnn2)n(C)n1. The maximum absolute atomic E-state index is 11.8. The molecule has 2 heterocycles. The van der Waals surface area contributed by atoms with Gasteiger partial charge in [-0.3, -0.25) is 9.48 Å². The molecule has 0 atom stereocenters. The summed E-state index contributed by atoms with van der Waals surface area (Å²) in [5, 5.41) is 9.74. The van der Waals surface area contributed by atoms with Gasteiger partial charge in [0.25, 0.3) is 0 Å². The second kappa shape index (κ2) is 3.90. The number of carbonyl (C=O) groups is 1. The van der Waals surface area contributed by atoms with Gasteiger partial charge in [0.15, 0.2) is 5.78 Å². The summed E-state index contributed by atoms with van der Waals surface area (Å²) < 4.78 is 5.31. The fourth-order valence-corrected chi connectivity index (χ4v) is 1.84. The van der Waals surface area contributed by atoms with Crippen LogP contribution in [0.1, 0.15) is 21.9 Å². The monoisotopic (exact) mass is 222 g/mol. The van der Waals surface area contributed by atoms with Gasteiger partial charge in [0.05, 0.1) is 17.8 Å². The Bertz CT molecular complexity index is 474. The third kappa shape index (κ3) is 2.10. The summed E-state index contributed by atoms with van der Waals surface area (Å²) >= 11 is 1.25. The molecule has 2 rings (SSSR count). The molecule has 0 unspecified atom stereocenters. The summed E-state index contributed by atoms with van der Waals surface area (Å²) in [5.74, 6) is 0.0193. The smallest absolute Gasteiger partial charge is 0.186 e. The van der Waals surface area contributed by atoms with Gasteiger partial charge in [0.1, 0.15) is 5.69 Å². The lowest BCUT2D eigenvalue weighted by Crippen LogP contribution is -2.09. The van der Waals surface area contributed by atoms with Crippen molar-refractivity contribution < 1.29 is 4.79 Å². The Hall–Kier alpha value is -1.56. The Balaban J connectivity index is 2.18. The third-order valence-corrected chi connectivity index (χ3v) is 2.59. The van der Waals surface area contributed by atoms with Gasteiger partial charge in [-0.1, -0.05) is 4.49 Å². The standard InChI is InChI=1S/C9H10N4OS/c1-6-3-8(13(2)11-6)9(14)4-7-5-15-12-10-7/h3,5H,4H2,1-2H3. The second-order valence-electron chi connectivity index (χ2n) is 3.29. The van der Waals surface area contributed by atoms with Crippen LogP contribution < -0.4 is 0 Å². The predicted molar refractivity (Wildman–Crippen MR) is 55.9 cm³/mol. The van der Waals surface area contributed by atoms with Gasteiger partial charge in [-0.15, -0.1) is 5.10 Å². The van der Waals surface area contributed by atoms with Crippen LogP contribution in [0.15, 0.2) is 11.4 Å². The highest BCUT2D eigenvalue weighted by Crippen LogP contribution is 2.07. The van der Waals surface area contributed by atoms with Crippen LogP contribution in [-0.2, 0) is 13.5 Å². The van der Waals surface area contributed by atoms with Crippen LogP contribution in [0.2, 0.25) is 0 Å². The highest BCUT2D eigenvalue weighted by molar-refractivity contribution is 7.03. The highest BCUT2D eigenvalue weighted by atomic mass is 32.1. The Morgan fingerprint density at radius 3 is 2.93 bits per heavy atom. The van der Waals surface area contributed by atoms with Gasteiger partial charge in [0, 0.05) is 12.4 Å². The zero-order chi connectivity index (χ0) is 10.8. The number of ketones is 1. The van der Waals surface area contributed by atoms with Crippen molar-refractivity contribution >= 4 is 17.3 Å². The molecule has 2 aromatic heterocycles. The number of rotatable bonds is 3. The zero-order valence-corrected chi connectivity index (χ0v) is 9.28. The molecule has 15 heavy (non-hydrogen) atoms. The third-order valence-electron chi connectivity index (χ3n) is 2.03. The Morgan fingerprint density at radius 1 is 1.60 bits per heavy atom. The molecule has 0 aliphatic rings. The number of aromatic nitrogens is 4. The molecule has 0 bridgehead atoms. The van der Waals surface area contributed by atoms with E-state index in [4.69, 9.17) is 0 Å². The molecule has 0 aliphatic heterocycles. The van der Waals surface area contributed by atoms with Crippen molar-refractivity contribution in [1.82, 2.24) is 19.4 Å². The fourth-order valence-electron chi connectivity index (χ4n) is 1.39. The Kier molecular flexibility index (Phi) is 2.59. The molecule has 0 spiro atoms. The van der Waals surface area contributed by atoms with Crippen LogP contribution in [-0.4, -0.2) is 25.2 Å². The molecule has 78 valence electrons. The van der Waals surface area contributed by atoms with E-state index in [1.807, 2.05) is 6.92 Å². The van der Waals surface area contributed by atoms with E-state index in [-0.39, 0.29) is 12.2 Å². The van der Waals surface area contributed by atoms with Crippen molar-refractivity contribution in [2.24, 2.45) is 7.05 Å². The van der Waals surface area contributed by atoms with Crippen molar-refractivity contribution in [3.63, 3.8) is 0 Å². The van der Waals surface area contributed by atoms with E-state index in [0.717, 1.165) is 5.69 Å². The topological polar surface area (TPSA) is 60.7 Å². The molecular weight excluding hydrogens is 212 g/mol. The fraction of sp³-hybridized carbons (Fsp3) is 0.333. The van der Waals surface area contributed by atoms with Gasteiger partial charge >= 0.3 is 0 Å². The van der Waals surface area contributed by atoms with E-state index in [1.165, 1.54) is 11.5 Å². The minimum Gasteiger partial charge on any atom is -0.292 e. The molecule has 0 radical (unpaired) electrons.